The molecule has 2 aromatic carbocycles. The van der Waals surface area contributed by atoms with Crippen molar-refractivity contribution in [3.05, 3.63) is 77.4 Å². The maximum Gasteiger partial charge on any atom is 0.283 e. The van der Waals surface area contributed by atoms with Gasteiger partial charge in [0.1, 0.15) is 18.1 Å². The molecule has 0 fully saturated rings. The third-order valence-corrected chi connectivity index (χ3v) is 6.08. The number of hydrogen-bond donors (Lipinski definition) is 2. The first-order valence-corrected chi connectivity index (χ1v) is 10.9. The van der Waals surface area contributed by atoms with Crippen LogP contribution in [0.4, 0.5) is 4.39 Å². The van der Waals surface area contributed by atoms with Gasteiger partial charge in [-0.05, 0) is 59.4 Å². The van der Waals surface area contributed by atoms with Gasteiger partial charge in [0.05, 0.1) is 6.10 Å². The molecule has 0 bridgehead atoms. The van der Waals surface area contributed by atoms with E-state index in [9.17, 15) is 9.50 Å². The van der Waals surface area contributed by atoms with E-state index in [0.717, 1.165) is 27.8 Å². The Kier molecular flexibility index (Phi) is 4.90. The second-order valence-corrected chi connectivity index (χ2v) is 9.82. The minimum Gasteiger partial charge on any atom is -0.462 e. The van der Waals surface area contributed by atoms with E-state index in [4.69, 9.17) is 20.2 Å². The number of nitrogens with two attached hydrogens (primary N) is 1. The molecular formula is C26H26FN3O3. The molecule has 0 radical (unpaired) electrons. The topological polar surface area (TPSA) is 90.0 Å². The molecule has 0 amide bonds. The summed E-state index contributed by atoms with van der Waals surface area (Å²) >= 11 is 0. The van der Waals surface area contributed by atoms with Crippen LogP contribution in [-0.4, -0.2) is 22.7 Å². The molecular weight excluding hydrogens is 421 g/mol. The molecule has 3 aromatic rings. The molecule has 7 heteroatoms. The zero-order valence-corrected chi connectivity index (χ0v) is 18.8. The van der Waals surface area contributed by atoms with Crippen molar-refractivity contribution in [3.63, 3.8) is 0 Å². The Morgan fingerprint density at radius 2 is 1.76 bits per heavy atom. The SMILES string of the molecule is CC(C)(C)CC(O)c1ccc2c(c1)[C@]1(COC(N)=N1)c1cc(-c3ccc(F)nc3)ccc1O2. The van der Waals surface area contributed by atoms with Crippen molar-refractivity contribution < 1.29 is 19.0 Å². The summed E-state index contributed by atoms with van der Waals surface area (Å²) in [7, 11) is 0. The smallest absolute Gasteiger partial charge is 0.283 e. The third-order valence-electron chi connectivity index (χ3n) is 6.08. The fourth-order valence-corrected chi connectivity index (χ4v) is 4.50. The fourth-order valence-electron chi connectivity index (χ4n) is 4.50. The van der Waals surface area contributed by atoms with Crippen LogP contribution in [-0.2, 0) is 10.3 Å². The molecule has 1 spiro atoms. The Hall–Kier alpha value is -3.45. The number of amidine groups is 1. The van der Waals surface area contributed by atoms with E-state index >= 15 is 0 Å². The summed E-state index contributed by atoms with van der Waals surface area (Å²) < 4.78 is 25.2. The number of aromatic nitrogens is 1. The number of aliphatic hydroxyl groups is 1. The summed E-state index contributed by atoms with van der Waals surface area (Å²) in [6.07, 6.45) is 1.47. The minimum absolute atomic E-state index is 0.0345. The van der Waals surface area contributed by atoms with Crippen molar-refractivity contribution in [1.82, 2.24) is 4.98 Å². The first kappa shape index (κ1) is 21.4. The number of ether oxygens (including phenoxy) is 2. The molecule has 0 saturated carbocycles. The van der Waals surface area contributed by atoms with Crippen molar-refractivity contribution in [3.8, 4) is 22.6 Å². The maximum atomic E-state index is 13.3. The number of pyridine rings is 1. The Bertz CT molecular complexity index is 1250. The summed E-state index contributed by atoms with van der Waals surface area (Å²) in [5.41, 5.74) is 9.02. The van der Waals surface area contributed by atoms with Crippen LogP contribution >= 0.6 is 0 Å². The zero-order valence-electron chi connectivity index (χ0n) is 18.8. The molecule has 2 aliphatic heterocycles. The highest BCUT2D eigenvalue weighted by atomic mass is 19.1. The van der Waals surface area contributed by atoms with Crippen molar-refractivity contribution in [1.29, 1.82) is 0 Å². The van der Waals surface area contributed by atoms with Gasteiger partial charge in [-0.3, -0.25) is 0 Å². The van der Waals surface area contributed by atoms with Gasteiger partial charge in [-0.2, -0.15) is 4.39 Å². The predicted octanol–water partition coefficient (Wildman–Crippen LogP) is 5.05. The number of aliphatic imine (C=N–C) groups is 1. The van der Waals surface area contributed by atoms with Crippen LogP contribution < -0.4 is 10.5 Å². The van der Waals surface area contributed by atoms with E-state index in [2.05, 4.69) is 25.8 Å². The van der Waals surface area contributed by atoms with Gasteiger partial charge in [0.15, 0.2) is 5.54 Å². The third kappa shape index (κ3) is 3.82. The average molecular weight is 448 g/mol. The molecule has 2 atom stereocenters. The molecule has 1 aromatic heterocycles. The summed E-state index contributed by atoms with van der Waals surface area (Å²) in [5, 5.41) is 10.9. The minimum atomic E-state index is -0.909. The monoisotopic (exact) mass is 447 g/mol. The van der Waals surface area contributed by atoms with Gasteiger partial charge in [0.25, 0.3) is 6.02 Å². The van der Waals surface area contributed by atoms with Crippen LogP contribution in [0.5, 0.6) is 11.5 Å². The number of fused-ring (bicyclic) bond motifs is 4. The van der Waals surface area contributed by atoms with Crippen LogP contribution in [0, 0.1) is 11.4 Å². The van der Waals surface area contributed by atoms with Crippen molar-refractivity contribution >= 4 is 6.02 Å². The summed E-state index contributed by atoms with van der Waals surface area (Å²) in [5.74, 6) is 0.757. The van der Waals surface area contributed by atoms with Gasteiger partial charge in [0.2, 0.25) is 5.95 Å². The molecule has 170 valence electrons. The Balaban J connectivity index is 1.64. The van der Waals surface area contributed by atoms with E-state index in [0.29, 0.717) is 17.9 Å². The van der Waals surface area contributed by atoms with Crippen molar-refractivity contribution in [2.75, 3.05) is 6.61 Å². The molecule has 0 aliphatic carbocycles. The highest BCUT2D eigenvalue weighted by Crippen LogP contribution is 2.52. The van der Waals surface area contributed by atoms with Gasteiger partial charge in [0, 0.05) is 22.9 Å². The van der Waals surface area contributed by atoms with Gasteiger partial charge in [-0.1, -0.05) is 32.9 Å². The highest BCUT2D eigenvalue weighted by Gasteiger charge is 2.47. The number of aliphatic hydroxyl groups excluding tert-OH is 1. The van der Waals surface area contributed by atoms with E-state index in [-0.39, 0.29) is 18.0 Å². The number of rotatable bonds is 3. The zero-order chi connectivity index (χ0) is 23.4. The largest absolute Gasteiger partial charge is 0.462 e. The van der Waals surface area contributed by atoms with E-state index in [1.165, 1.54) is 12.3 Å². The second kappa shape index (κ2) is 7.56. The van der Waals surface area contributed by atoms with E-state index in [1.807, 2.05) is 36.4 Å². The molecule has 1 unspecified atom stereocenters. The molecule has 3 heterocycles. The molecule has 2 aliphatic rings. The van der Waals surface area contributed by atoms with E-state index < -0.39 is 17.6 Å². The van der Waals surface area contributed by atoms with Crippen LogP contribution in [0.2, 0.25) is 0 Å². The van der Waals surface area contributed by atoms with E-state index in [1.54, 1.807) is 6.07 Å². The maximum absolute atomic E-state index is 13.3. The van der Waals surface area contributed by atoms with Crippen molar-refractivity contribution in [2.24, 2.45) is 16.1 Å². The number of benzene rings is 2. The lowest BCUT2D eigenvalue weighted by atomic mass is 9.79. The first-order valence-electron chi connectivity index (χ1n) is 10.9. The quantitative estimate of drug-likeness (QED) is 0.548. The summed E-state index contributed by atoms with van der Waals surface area (Å²) in [6, 6.07) is 14.5. The second-order valence-electron chi connectivity index (χ2n) is 9.82. The van der Waals surface area contributed by atoms with Gasteiger partial charge in [-0.25, -0.2) is 9.98 Å². The molecule has 3 N–H and O–H groups in total. The average Bonchev–Trinajstić information content (AvgIpc) is 3.15. The lowest BCUT2D eigenvalue weighted by Gasteiger charge is -2.34. The van der Waals surface area contributed by atoms with Crippen LogP contribution in [0.15, 0.2) is 59.7 Å². The number of nitrogens with zero attached hydrogens (tertiary/aromatic N) is 2. The Morgan fingerprint density at radius 3 is 2.39 bits per heavy atom. The van der Waals surface area contributed by atoms with Crippen LogP contribution in [0.1, 0.15) is 50.0 Å². The first-order chi connectivity index (χ1) is 15.6. The molecule has 5 rings (SSSR count). The molecule has 33 heavy (non-hydrogen) atoms. The number of halogens is 1. The Morgan fingerprint density at radius 1 is 1.06 bits per heavy atom. The fraction of sp³-hybridized carbons (Fsp3) is 0.308. The van der Waals surface area contributed by atoms with Gasteiger partial charge < -0.3 is 20.3 Å². The summed E-state index contributed by atoms with van der Waals surface area (Å²) in [4.78, 5) is 8.49. The number of hydrogen-bond acceptors (Lipinski definition) is 6. The van der Waals surface area contributed by atoms with Crippen LogP contribution in [0.25, 0.3) is 11.1 Å². The molecule has 6 nitrogen and oxygen atoms in total. The lowest BCUT2D eigenvalue weighted by molar-refractivity contribution is 0.122. The van der Waals surface area contributed by atoms with Gasteiger partial charge >= 0.3 is 0 Å². The normalized spacial score (nSPS) is 19.8. The van der Waals surface area contributed by atoms with Gasteiger partial charge in [-0.15, -0.1) is 0 Å². The Labute approximate surface area is 191 Å². The standard InChI is InChI=1S/C26H26FN3O3/c1-25(2,3)12-20(31)16-5-8-22-19(11-16)26(14-32-24(28)30-26)18-10-15(4-7-21(18)33-22)17-6-9-23(27)29-13-17/h4-11,13,20,31H,12,14H2,1-3H3,(H2,28,30)/t20?,26-/m0/s1. The highest BCUT2D eigenvalue weighted by molar-refractivity contribution is 5.78. The molecule has 0 saturated heterocycles. The lowest BCUT2D eigenvalue weighted by Crippen LogP contribution is -2.31. The summed E-state index contributed by atoms with van der Waals surface area (Å²) in [6.45, 7) is 6.50. The van der Waals surface area contributed by atoms with Crippen molar-refractivity contribution in [2.45, 2.75) is 38.8 Å². The van der Waals surface area contributed by atoms with Crippen LogP contribution in [0.3, 0.4) is 0 Å². The predicted molar refractivity (Wildman–Crippen MR) is 124 cm³/mol.